The summed E-state index contributed by atoms with van der Waals surface area (Å²) < 4.78 is 26.1. The Morgan fingerprint density at radius 3 is 2.00 bits per heavy atom. The van der Waals surface area contributed by atoms with Gasteiger partial charge in [-0.15, -0.1) is 0 Å². The second-order valence-corrected chi connectivity index (χ2v) is 6.48. The molecule has 0 N–H and O–H groups in total. The zero-order valence-electron chi connectivity index (χ0n) is 10.1. The summed E-state index contributed by atoms with van der Waals surface area (Å²) in [5.74, 6) is 0. The number of hydrogen-bond donors (Lipinski definition) is 0. The highest BCUT2D eigenvalue weighted by Gasteiger charge is 2.42. The van der Waals surface area contributed by atoms with E-state index in [1.165, 1.54) is 4.31 Å². The number of rotatable bonds is 2. The lowest BCUT2D eigenvalue weighted by Gasteiger charge is -2.12. The Hall–Kier alpha value is -0.870. The average molecular weight is 239 g/mol. The van der Waals surface area contributed by atoms with Crippen molar-refractivity contribution in [3.8, 4) is 0 Å². The summed E-state index contributed by atoms with van der Waals surface area (Å²) in [4.78, 5) is 0.488. The molecule has 1 aliphatic heterocycles. The first kappa shape index (κ1) is 11.6. The molecule has 0 saturated carbocycles. The zero-order valence-corrected chi connectivity index (χ0v) is 10.9. The fourth-order valence-corrected chi connectivity index (χ4v) is 4.29. The molecule has 1 heterocycles. The van der Waals surface area contributed by atoms with Crippen LogP contribution in [0.1, 0.15) is 23.6 Å². The second-order valence-electron chi connectivity index (χ2n) is 4.65. The number of hydrogen-bond acceptors (Lipinski definition) is 2. The Kier molecular flexibility index (Phi) is 2.59. The van der Waals surface area contributed by atoms with E-state index in [2.05, 4.69) is 0 Å². The second kappa shape index (κ2) is 3.57. The molecule has 1 aromatic rings. The van der Waals surface area contributed by atoms with Crippen molar-refractivity contribution in [1.82, 2.24) is 4.31 Å². The Morgan fingerprint density at radius 1 is 1.19 bits per heavy atom. The highest BCUT2D eigenvalue weighted by molar-refractivity contribution is 7.89. The Labute approximate surface area is 97.1 Å². The molecule has 16 heavy (non-hydrogen) atoms. The van der Waals surface area contributed by atoms with Crippen molar-refractivity contribution in [3.05, 3.63) is 28.8 Å². The van der Waals surface area contributed by atoms with Crippen LogP contribution in [0.5, 0.6) is 0 Å². The number of sulfonamides is 1. The first-order valence-corrected chi connectivity index (χ1v) is 6.87. The third-order valence-electron chi connectivity index (χ3n) is 2.97. The molecule has 2 atom stereocenters. The summed E-state index contributed by atoms with van der Waals surface area (Å²) in [6.45, 7) is 8.28. The predicted molar refractivity (Wildman–Crippen MR) is 64.0 cm³/mol. The van der Waals surface area contributed by atoms with Crippen molar-refractivity contribution >= 4 is 10.0 Å². The third kappa shape index (κ3) is 1.76. The summed E-state index contributed by atoms with van der Waals surface area (Å²) in [7, 11) is -3.26. The van der Waals surface area contributed by atoms with Crippen LogP contribution in [0.25, 0.3) is 0 Å². The van der Waals surface area contributed by atoms with Crippen LogP contribution in [0.3, 0.4) is 0 Å². The Morgan fingerprint density at radius 2 is 1.62 bits per heavy atom. The van der Waals surface area contributed by atoms with Crippen LogP contribution in [0.15, 0.2) is 17.0 Å². The van der Waals surface area contributed by atoms with Gasteiger partial charge in [-0.2, -0.15) is 4.31 Å². The third-order valence-corrected chi connectivity index (χ3v) is 5.26. The highest BCUT2D eigenvalue weighted by Crippen LogP contribution is 2.31. The largest absolute Gasteiger partial charge is 0.243 e. The molecule has 2 unspecified atom stereocenters. The van der Waals surface area contributed by atoms with Gasteiger partial charge in [0, 0.05) is 12.6 Å². The van der Waals surface area contributed by atoms with Crippen molar-refractivity contribution in [2.45, 2.75) is 38.6 Å². The van der Waals surface area contributed by atoms with Gasteiger partial charge < -0.3 is 0 Å². The summed E-state index contributed by atoms with van der Waals surface area (Å²) >= 11 is 0. The van der Waals surface area contributed by atoms with Gasteiger partial charge in [0.1, 0.15) is 0 Å². The molecule has 4 heteroatoms. The molecular weight excluding hydrogens is 222 g/mol. The van der Waals surface area contributed by atoms with Crippen LogP contribution in [-0.4, -0.2) is 25.3 Å². The molecule has 1 aromatic carbocycles. The molecule has 88 valence electrons. The molecule has 1 saturated heterocycles. The summed E-state index contributed by atoms with van der Waals surface area (Å²) in [5.41, 5.74) is 2.79. The van der Waals surface area contributed by atoms with E-state index >= 15 is 0 Å². The summed E-state index contributed by atoms with van der Waals surface area (Å²) in [6.07, 6.45) is 0. The van der Waals surface area contributed by atoms with E-state index in [0.717, 1.165) is 16.7 Å². The molecule has 0 aliphatic carbocycles. The normalized spacial score (nSPS) is 24.5. The molecule has 0 radical (unpaired) electrons. The molecular formula is C12H17NO2S. The van der Waals surface area contributed by atoms with Crippen molar-refractivity contribution in [2.75, 3.05) is 6.54 Å². The minimum atomic E-state index is -3.26. The van der Waals surface area contributed by atoms with E-state index in [1.807, 2.05) is 39.8 Å². The van der Waals surface area contributed by atoms with E-state index in [-0.39, 0.29) is 6.04 Å². The maximum absolute atomic E-state index is 12.3. The maximum Gasteiger partial charge on any atom is 0.243 e. The van der Waals surface area contributed by atoms with Gasteiger partial charge in [-0.25, -0.2) is 8.42 Å². The van der Waals surface area contributed by atoms with Crippen molar-refractivity contribution in [1.29, 1.82) is 0 Å². The topological polar surface area (TPSA) is 37.1 Å². The average Bonchev–Trinajstić information content (AvgIpc) is 2.80. The van der Waals surface area contributed by atoms with E-state index < -0.39 is 10.0 Å². The van der Waals surface area contributed by atoms with Crippen LogP contribution < -0.4 is 0 Å². The van der Waals surface area contributed by atoms with Gasteiger partial charge in [-0.1, -0.05) is 17.7 Å². The Balaban J connectivity index is 2.57. The van der Waals surface area contributed by atoms with Crippen LogP contribution in [-0.2, 0) is 10.0 Å². The van der Waals surface area contributed by atoms with Crippen molar-refractivity contribution in [3.63, 3.8) is 0 Å². The van der Waals surface area contributed by atoms with Gasteiger partial charge in [-0.3, -0.25) is 0 Å². The standard InChI is InChI=1S/C12H17NO2S/c1-8-5-9(2)12(10(3)6-8)16(14,15)13-7-11(13)4/h5-6,11H,7H2,1-4H3. The van der Waals surface area contributed by atoms with Gasteiger partial charge in [0.15, 0.2) is 0 Å². The molecule has 0 bridgehead atoms. The van der Waals surface area contributed by atoms with Crippen molar-refractivity contribution in [2.24, 2.45) is 0 Å². The lowest BCUT2D eigenvalue weighted by atomic mass is 10.1. The van der Waals surface area contributed by atoms with Crippen LogP contribution in [0, 0.1) is 20.8 Å². The lowest BCUT2D eigenvalue weighted by molar-refractivity contribution is 0.554. The number of nitrogens with zero attached hydrogens (tertiary/aromatic N) is 1. The lowest BCUT2D eigenvalue weighted by Crippen LogP contribution is -2.16. The van der Waals surface area contributed by atoms with Gasteiger partial charge in [0.25, 0.3) is 0 Å². The van der Waals surface area contributed by atoms with Crippen molar-refractivity contribution < 1.29 is 8.42 Å². The monoisotopic (exact) mass is 239 g/mol. The van der Waals surface area contributed by atoms with Crippen LogP contribution >= 0.6 is 0 Å². The van der Waals surface area contributed by atoms with Gasteiger partial charge >= 0.3 is 0 Å². The first-order valence-electron chi connectivity index (χ1n) is 5.43. The molecule has 0 spiro atoms. The molecule has 1 aliphatic rings. The maximum atomic E-state index is 12.3. The summed E-state index contributed by atoms with van der Waals surface area (Å²) in [5, 5.41) is 0. The molecule has 0 aromatic heterocycles. The fraction of sp³-hybridized carbons (Fsp3) is 0.500. The zero-order chi connectivity index (χ0) is 12.1. The minimum absolute atomic E-state index is 0.158. The SMILES string of the molecule is Cc1cc(C)c(S(=O)(=O)N2CC2C)c(C)c1. The van der Waals surface area contributed by atoms with E-state index in [4.69, 9.17) is 0 Å². The summed E-state index contributed by atoms with van der Waals surface area (Å²) in [6, 6.07) is 4.01. The molecule has 0 amide bonds. The van der Waals surface area contributed by atoms with Gasteiger partial charge in [-0.05, 0) is 38.8 Å². The minimum Gasteiger partial charge on any atom is -0.207 e. The van der Waals surface area contributed by atoms with E-state index in [0.29, 0.717) is 11.4 Å². The molecule has 3 nitrogen and oxygen atoms in total. The van der Waals surface area contributed by atoms with Crippen LogP contribution in [0.4, 0.5) is 0 Å². The number of aryl methyl sites for hydroxylation is 3. The molecule has 2 rings (SSSR count). The first-order chi connectivity index (χ1) is 7.34. The van der Waals surface area contributed by atoms with Crippen LogP contribution in [0.2, 0.25) is 0 Å². The fourth-order valence-electron chi connectivity index (χ4n) is 2.24. The Bertz CT molecular complexity index is 511. The quantitative estimate of drug-likeness (QED) is 0.740. The smallest absolute Gasteiger partial charge is 0.207 e. The number of benzene rings is 1. The predicted octanol–water partition coefficient (Wildman–Crippen LogP) is 2.00. The van der Waals surface area contributed by atoms with Gasteiger partial charge in [0.2, 0.25) is 10.0 Å². The van der Waals surface area contributed by atoms with E-state index in [1.54, 1.807) is 0 Å². The van der Waals surface area contributed by atoms with Gasteiger partial charge in [0.05, 0.1) is 4.90 Å². The highest BCUT2D eigenvalue weighted by atomic mass is 32.2. The van der Waals surface area contributed by atoms with E-state index in [9.17, 15) is 8.42 Å². The molecule has 1 fully saturated rings.